The van der Waals surface area contributed by atoms with Crippen molar-refractivity contribution in [2.45, 2.75) is 25.8 Å². The summed E-state index contributed by atoms with van der Waals surface area (Å²) in [6, 6.07) is 6.98. The van der Waals surface area contributed by atoms with Crippen LogP contribution in [-0.4, -0.2) is 49.7 Å². The van der Waals surface area contributed by atoms with E-state index in [9.17, 15) is 18.0 Å². The molecule has 2 rings (SSSR count). The molecule has 1 aromatic rings. The maximum atomic E-state index is 12.1. The molecule has 1 atom stereocenters. The summed E-state index contributed by atoms with van der Waals surface area (Å²) in [4.78, 5) is 25.4. The highest BCUT2D eigenvalue weighted by Gasteiger charge is 2.33. The molecule has 0 aliphatic carbocycles. The van der Waals surface area contributed by atoms with Crippen molar-refractivity contribution < 1.29 is 18.0 Å². The van der Waals surface area contributed by atoms with Gasteiger partial charge in [0.25, 0.3) is 0 Å². The first-order valence-corrected chi connectivity index (χ1v) is 8.92. The number of nitrogens with one attached hydrogen (secondary N) is 1. The molecule has 1 saturated heterocycles. The molecule has 1 N–H and O–H groups in total. The zero-order valence-electron chi connectivity index (χ0n) is 12.7. The Morgan fingerprint density at radius 3 is 2.59 bits per heavy atom. The van der Waals surface area contributed by atoms with E-state index in [0.29, 0.717) is 12.1 Å². The summed E-state index contributed by atoms with van der Waals surface area (Å²) in [5.41, 5.74) is 1.59. The Hall–Kier alpha value is -1.89. The second-order valence-electron chi connectivity index (χ2n) is 5.60. The second-order valence-corrected chi connectivity index (χ2v) is 7.83. The van der Waals surface area contributed by atoms with Gasteiger partial charge in [-0.25, -0.2) is 8.42 Å². The Labute approximate surface area is 130 Å². The SMILES string of the molecule is Cc1ccccc1NC(=O)CC(=O)N(C)C1CCS(=O)(=O)C1. The van der Waals surface area contributed by atoms with Gasteiger partial charge >= 0.3 is 0 Å². The van der Waals surface area contributed by atoms with Crippen molar-refractivity contribution in [3.63, 3.8) is 0 Å². The van der Waals surface area contributed by atoms with E-state index < -0.39 is 15.7 Å². The Morgan fingerprint density at radius 2 is 2.00 bits per heavy atom. The van der Waals surface area contributed by atoms with E-state index in [-0.39, 0.29) is 29.9 Å². The Morgan fingerprint density at radius 1 is 1.32 bits per heavy atom. The number of hydrogen-bond acceptors (Lipinski definition) is 4. The molecule has 0 aromatic heterocycles. The summed E-state index contributed by atoms with van der Waals surface area (Å²) in [6.45, 7) is 1.87. The van der Waals surface area contributed by atoms with Crippen molar-refractivity contribution in [2.24, 2.45) is 0 Å². The molecular formula is C15H20N2O4S. The molecule has 1 unspecified atom stereocenters. The molecule has 0 bridgehead atoms. The predicted octanol–water partition coefficient (Wildman–Crippen LogP) is 0.969. The molecule has 1 aliphatic heterocycles. The third-order valence-corrected chi connectivity index (χ3v) is 5.63. The zero-order valence-corrected chi connectivity index (χ0v) is 13.5. The van der Waals surface area contributed by atoms with Gasteiger partial charge in [-0.2, -0.15) is 0 Å². The molecule has 6 nitrogen and oxygen atoms in total. The first-order valence-electron chi connectivity index (χ1n) is 7.10. The minimum absolute atomic E-state index is 0.0192. The van der Waals surface area contributed by atoms with Gasteiger partial charge < -0.3 is 10.2 Å². The zero-order chi connectivity index (χ0) is 16.3. The van der Waals surface area contributed by atoms with Gasteiger partial charge in [0.2, 0.25) is 11.8 Å². The Bertz CT molecular complexity index is 685. The number of aryl methyl sites for hydroxylation is 1. The van der Waals surface area contributed by atoms with E-state index in [0.717, 1.165) is 5.56 Å². The van der Waals surface area contributed by atoms with Crippen LogP contribution in [-0.2, 0) is 19.4 Å². The van der Waals surface area contributed by atoms with Gasteiger partial charge in [-0.15, -0.1) is 0 Å². The summed E-state index contributed by atoms with van der Waals surface area (Å²) in [5.74, 6) is -0.681. The van der Waals surface area contributed by atoms with Crippen LogP contribution in [0.4, 0.5) is 5.69 Å². The monoisotopic (exact) mass is 324 g/mol. The molecule has 0 radical (unpaired) electrons. The van der Waals surface area contributed by atoms with Crippen LogP contribution >= 0.6 is 0 Å². The average Bonchev–Trinajstić information content (AvgIpc) is 2.80. The Balaban J connectivity index is 1.91. The molecular weight excluding hydrogens is 304 g/mol. The van der Waals surface area contributed by atoms with E-state index in [1.807, 2.05) is 19.1 Å². The van der Waals surface area contributed by atoms with Gasteiger partial charge in [-0.3, -0.25) is 9.59 Å². The third-order valence-electron chi connectivity index (χ3n) is 3.88. The number of amides is 2. The lowest BCUT2D eigenvalue weighted by molar-refractivity contribution is -0.134. The van der Waals surface area contributed by atoms with Crippen molar-refractivity contribution in [1.29, 1.82) is 0 Å². The number of benzene rings is 1. The van der Waals surface area contributed by atoms with E-state index in [1.165, 1.54) is 4.90 Å². The van der Waals surface area contributed by atoms with Crippen LogP contribution in [0.5, 0.6) is 0 Å². The van der Waals surface area contributed by atoms with E-state index in [4.69, 9.17) is 0 Å². The van der Waals surface area contributed by atoms with Crippen LogP contribution in [0.25, 0.3) is 0 Å². The molecule has 120 valence electrons. The normalized spacial score (nSPS) is 19.6. The van der Waals surface area contributed by atoms with Gasteiger partial charge in [0.15, 0.2) is 9.84 Å². The molecule has 7 heteroatoms. The fourth-order valence-corrected chi connectivity index (χ4v) is 4.23. The number of carbonyl (C=O) groups excluding carboxylic acids is 2. The standard InChI is InChI=1S/C15H20N2O4S/c1-11-5-3-4-6-13(11)16-14(18)9-15(19)17(2)12-7-8-22(20,21)10-12/h3-6,12H,7-10H2,1-2H3,(H,16,18). The summed E-state index contributed by atoms with van der Waals surface area (Å²) >= 11 is 0. The quantitative estimate of drug-likeness (QED) is 0.837. The summed E-state index contributed by atoms with van der Waals surface area (Å²) in [5, 5.41) is 2.70. The Kier molecular flexibility index (Phi) is 4.85. The number of para-hydroxylation sites is 1. The molecule has 1 aromatic carbocycles. The molecule has 0 spiro atoms. The number of sulfone groups is 1. The molecule has 1 heterocycles. The van der Waals surface area contributed by atoms with Crippen molar-refractivity contribution in [3.8, 4) is 0 Å². The topological polar surface area (TPSA) is 83.6 Å². The van der Waals surface area contributed by atoms with E-state index >= 15 is 0 Å². The van der Waals surface area contributed by atoms with Crippen LogP contribution in [0.1, 0.15) is 18.4 Å². The van der Waals surface area contributed by atoms with Gasteiger partial charge in [0.05, 0.1) is 11.5 Å². The van der Waals surface area contributed by atoms with E-state index in [1.54, 1.807) is 19.2 Å². The smallest absolute Gasteiger partial charge is 0.233 e. The molecule has 1 aliphatic rings. The lowest BCUT2D eigenvalue weighted by Gasteiger charge is -2.23. The lowest BCUT2D eigenvalue weighted by atomic mass is 10.2. The van der Waals surface area contributed by atoms with Crippen LogP contribution < -0.4 is 5.32 Å². The molecule has 22 heavy (non-hydrogen) atoms. The lowest BCUT2D eigenvalue weighted by Crippen LogP contribution is -2.39. The maximum absolute atomic E-state index is 12.1. The number of rotatable bonds is 4. The molecule has 2 amide bonds. The van der Waals surface area contributed by atoms with Gasteiger partial charge in [0.1, 0.15) is 6.42 Å². The van der Waals surface area contributed by atoms with Crippen LogP contribution in [0.15, 0.2) is 24.3 Å². The average molecular weight is 324 g/mol. The first kappa shape index (κ1) is 16.5. The number of anilines is 1. The second kappa shape index (κ2) is 6.48. The highest BCUT2D eigenvalue weighted by atomic mass is 32.2. The van der Waals surface area contributed by atoms with Crippen molar-refractivity contribution >= 4 is 27.3 Å². The van der Waals surface area contributed by atoms with Gasteiger partial charge in [0, 0.05) is 18.8 Å². The van der Waals surface area contributed by atoms with Crippen LogP contribution in [0.3, 0.4) is 0 Å². The van der Waals surface area contributed by atoms with Crippen molar-refractivity contribution in [3.05, 3.63) is 29.8 Å². The minimum atomic E-state index is -3.05. The van der Waals surface area contributed by atoms with Crippen LogP contribution in [0, 0.1) is 6.92 Å². The number of nitrogens with zero attached hydrogens (tertiary/aromatic N) is 1. The fourth-order valence-electron chi connectivity index (χ4n) is 2.45. The largest absolute Gasteiger partial charge is 0.341 e. The number of hydrogen-bond donors (Lipinski definition) is 1. The van der Waals surface area contributed by atoms with Crippen molar-refractivity contribution in [1.82, 2.24) is 4.90 Å². The van der Waals surface area contributed by atoms with Gasteiger partial charge in [-0.1, -0.05) is 18.2 Å². The third kappa shape index (κ3) is 4.07. The minimum Gasteiger partial charge on any atom is -0.341 e. The molecule has 1 fully saturated rings. The molecule has 0 saturated carbocycles. The highest BCUT2D eigenvalue weighted by Crippen LogP contribution is 2.18. The maximum Gasteiger partial charge on any atom is 0.233 e. The van der Waals surface area contributed by atoms with Crippen LogP contribution in [0.2, 0.25) is 0 Å². The fraction of sp³-hybridized carbons (Fsp3) is 0.467. The highest BCUT2D eigenvalue weighted by molar-refractivity contribution is 7.91. The first-order chi connectivity index (χ1) is 10.3. The van der Waals surface area contributed by atoms with Crippen molar-refractivity contribution in [2.75, 3.05) is 23.9 Å². The number of carbonyl (C=O) groups is 2. The van der Waals surface area contributed by atoms with Gasteiger partial charge in [-0.05, 0) is 25.0 Å². The van der Waals surface area contributed by atoms with E-state index in [2.05, 4.69) is 5.32 Å². The summed E-state index contributed by atoms with van der Waals surface area (Å²) in [7, 11) is -1.50. The summed E-state index contributed by atoms with van der Waals surface area (Å²) in [6.07, 6.45) is 0.144. The summed E-state index contributed by atoms with van der Waals surface area (Å²) < 4.78 is 22.9. The predicted molar refractivity (Wildman–Crippen MR) is 84.3 cm³/mol.